The van der Waals surface area contributed by atoms with E-state index in [2.05, 4.69) is 20.2 Å². The molecule has 0 unspecified atom stereocenters. The van der Waals surface area contributed by atoms with Gasteiger partial charge in [-0.25, -0.2) is 9.97 Å². The van der Waals surface area contributed by atoms with Crippen LogP contribution in [0.5, 0.6) is 0 Å². The number of hydrogen-bond acceptors (Lipinski definition) is 5. The highest BCUT2D eigenvalue weighted by atomic mass is 16.1. The van der Waals surface area contributed by atoms with Crippen LogP contribution in [0.25, 0.3) is 0 Å². The third kappa shape index (κ3) is 1.98. The average Bonchev–Trinajstić information content (AvgIpc) is 2.74. The highest BCUT2D eigenvalue weighted by molar-refractivity contribution is 5.94. The molecule has 2 rings (SSSR count). The smallest absolute Gasteiger partial charge is 0.204 e. The van der Waals surface area contributed by atoms with Crippen molar-refractivity contribution in [2.45, 2.75) is 6.42 Å². The van der Waals surface area contributed by atoms with Gasteiger partial charge in [0.25, 0.3) is 0 Å². The highest BCUT2D eigenvalue weighted by Gasteiger charge is 2.11. The second-order valence-corrected chi connectivity index (χ2v) is 2.98. The van der Waals surface area contributed by atoms with Gasteiger partial charge in [-0.2, -0.15) is 5.10 Å². The van der Waals surface area contributed by atoms with E-state index in [1.54, 1.807) is 18.3 Å². The summed E-state index contributed by atoms with van der Waals surface area (Å²) in [6.45, 7) is 0. The van der Waals surface area contributed by atoms with Crippen LogP contribution in [-0.2, 0) is 6.42 Å². The summed E-state index contributed by atoms with van der Waals surface area (Å²) in [4.78, 5) is 19.3. The molecule has 6 heteroatoms. The number of nitrogens with two attached hydrogens (primary N) is 1. The summed E-state index contributed by atoms with van der Waals surface area (Å²) < 4.78 is 0. The molecule has 76 valence electrons. The first-order valence-electron chi connectivity index (χ1n) is 4.35. The van der Waals surface area contributed by atoms with Gasteiger partial charge in [0.2, 0.25) is 5.78 Å². The van der Waals surface area contributed by atoms with Crippen molar-refractivity contribution in [2.75, 3.05) is 5.73 Å². The van der Waals surface area contributed by atoms with Crippen LogP contribution in [0.15, 0.2) is 24.7 Å². The fourth-order valence-electron chi connectivity index (χ4n) is 1.20. The minimum atomic E-state index is -0.160. The van der Waals surface area contributed by atoms with Crippen LogP contribution in [-0.4, -0.2) is 25.9 Å². The lowest BCUT2D eigenvalue weighted by Crippen LogP contribution is -2.08. The summed E-state index contributed by atoms with van der Waals surface area (Å²) in [7, 11) is 0. The van der Waals surface area contributed by atoms with Gasteiger partial charge in [-0.05, 0) is 6.07 Å². The van der Waals surface area contributed by atoms with Crippen molar-refractivity contribution in [1.82, 2.24) is 20.2 Å². The number of carbonyl (C=O) groups is 1. The van der Waals surface area contributed by atoms with E-state index in [0.29, 0.717) is 11.4 Å². The van der Waals surface area contributed by atoms with Crippen LogP contribution in [0.3, 0.4) is 0 Å². The van der Waals surface area contributed by atoms with Crippen LogP contribution < -0.4 is 5.73 Å². The number of aromatic nitrogens is 4. The second kappa shape index (κ2) is 3.87. The Hall–Kier alpha value is -2.24. The molecule has 0 saturated heterocycles. The van der Waals surface area contributed by atoms with Gasteiger partial charge >= 0.3 is 0 Å². The molecule has 3 N–H and O–H groups in total. The normalized spacial score (nSPS) is 10.1. The predicted molar refractivity (Wildman–Crippen MR) is 53.1 cm³/mol. The van der Waals surface area contributed by atoms with Gasteiger partial charge in [0.15, 0.2) is 5.82 Å². The number of anilines is 1. The minimum absolute atomic E-state index is 0.160. The summed E-state index contributed by atoms with van der Waals surface area (Å²) in [5.41, 5.74) is 6.31. The quantitative estimate of drug-likeness (QED) is 0.695. The largest absolute Gasteiger partial charge is 0.383 e. The van der Waals surface area contributed by atoms with Crippen LogP contribution in [0.2, 0.25) is 0 Å². The molecule has 2 heterocycles. The second-order valence-electron chi connectivity index (χ2n) is 2.98. The van der Waals surface area contributed by atoms with Crippen molar-refractivity contribution >= 4 is 11.6 Å². The molecule has 2 aromatic rings. The Morgan fingerprint density at radius 2 is 2.33 bits per heavy atom. The fraction of sp³-hybridized carbons (Fsp3) is 0.111. The first-order valence-corrected chi connectivity index (χ1v) is 4.35. The molecule has 0 aliphatic heterocycles. The Balaban J connectivity index is 2.17. The van der Waals surface area contributed by atoms with Gasteiger partial charge in [-0.1, -0.05) is 6.07 Å². The fourth-order valence-corrected chi connectivity index (χ4v) is 1.20. The third-order valence-corrected chi connectivity index (χ3v) is 1.96. The topological polar surface area (TPSA) is 97.6 Å². The molecule has 15 heavy (non-hydrogen) atoms. The number of rotatable bonds is 3. The highest BCUT2D eigenvalue weighted by Crippen LogP contribution is 2.09. The molecule has 0 bridgehead atoms. The van der Waals surface area contributed by atoms with Gasteiger partial charge in [0.1, 0.15) is 12.1 Å². The summed E-state index contributed by atoms with van der Waals surface area (Å²) >= 11 is 0. The number of ketones is 1. The number of nitrogen functional groups attached to an aromatic ring is 1. The van der Waals surface area contributed by atoms with Crippen LogP contribution >= 0.6 is 0 Å². The first-order chi connectivity index (χ1) is 7.27. The summed E-state index contributed by atoms with van der Waals surface area (Å²) in [6.07, 6.45) is 3.05. The molecule has 0 radical (unpaired) electrons. The van der Waals surface area contributed by atoms with Crippen LogP contribution in [0.1, 0.15) is 16.2 Å². The average molecular weight is 203 g/mol. The van der Waals surface area contributed by atoms with Crippen molar-refractivity contribution in [3.63, 3.8) is 0 Å². The predicted octanol–water partition coefficient (Wildman–Crippen LogP) is 0.207. The van der Waals surface area contributed by atoms with E-state index >= 15 is 0 Å². The van der Waals surface area contributed by atoms with E-state index in [4.69, 9.17) is 5.73 Å². The van der Waals surface area contributed by atoms with Crippen molar-refractivity contribution in [2.24, 2.45) is 0 Å². The molecule has 6 nitrogen and oxygen atoms in total. The minimum Gasteiger partial charge on any atom is -0.383 e. The SMILES string of the molecule is Nc1ncccc1CC(=O)c1ncn[nH]1. The Morgan fingerprint density at radius 3 is 3.00 bits per heavy atom. The maximum absolute atomic E-state index is 11.6. The zero-order chi connectivity index (χ0) is 10.7. The number of nitrogens with one attached hydrogen (secondary N) is 1. The number of pyridine rings is 1. The van der Waals surface area contributed by atoms with Crippen LogP contribution in [0.4, 0.5) is 5.82 Å². The first kappa shape index (κ1) is 9.32. The van der Waals surface area contributed by atoms with Gasteiger partial charge in [0.05, 0.1) is 0 Å². The van der Waals surface area contributed by atoms with Gasteiger partial charge in [-0.15, -0.1) is 0 Å². The molecule has 0 aromatic carbocycles. The Morgan fingerprint density at radius 1 is 1.47 bits per heavy atom. The number of Topliss-reactive ketones (excluding diaryl/α,β-unsaturated/α-hetero) is 1. The number of hydrogen-bond donors (Lipinski definition) is 2. The van der Waals surface area contributed by atoms with E-state index < -0.39 is 0 Å². The van der Waals surface area contributed by atoms with E-state index in [-0.39, 0.29) is 18.0 Å². The summed E-state index contributed by atoms with van der Waals surface area (Å²) in [5, 5.41) is 6.11. The van der Waals surface area contributed by atoms with Crippen molar-refractivity contribution < 1.29 is 4.79 Å². The molecule has 0 fully saturated rings. The van der Waals surface area contributed by atoms with E-state index in [0.717, 1.165) is 0 Å². The third-order valence-electron chi connectivity index (χ3n) is 1.96. The molecule has 0 saturated carbocycles. The summed E-state index contributed by atoms with van der Waals surface area (Å²) in [5.74, 6) is 0.441. The Bertz CT molecular complexity index is 465. The van der Waals surface area contributed by atoms with E-state index in [9.17, 15) is 4.79 Å². The lowest BCUT2D eigenvalue weighted by molar-refractivity contribution is 0.0983. The number of nitrogens with zero attached hydrogens (tertiary/aromatic N) is 3. The molecular formula is C9H9N5O. The zero-order valence-corrected chi connectivity index (χ0v) is 7.84. The standard InChI is InChI=1S/C9H9N5O/c10-8-6(2-1-3-11-8)4-7(15)9-12-5-13-14-9/h1-3,5H,4H2,(H2,10,11)(H,12,13,14). The Kier molecular flexibility index (Phi) is 2.40. The molecule has 0 spiro atoms. The molecular weight excluding hydrogens is 194 g/mol. The van der Waals surface area contributed by atoms with E-state index in [1.165, 1.54) is 6.33 Å². The van der Waals surface area contributed by atoms with Crippen molar-refractivity contribution in [3.05, 3.63) is 36.0 Å². The number of carbonyl (C=O) groups excluding carboxylic acids is 1. The number of aromatic amines is 1. The molecule has 0 aliphatic rings. The van der Waals surface area contributed by atoms with Crippen molar-refractivity contribution in [1.29, 1.82) is 0 Å². The number of H-pyrrole nitrogens is 1. The van der Waals surface area contributed by atoms with Crippen molar-refractivity contribution in [3.8, 4) is 0 Å². The van der Waals surface area contributed by atoms with Crippen LogP contribution in [0, 0.1) is 0 Å². The zero-order valence-electron chi connectivity index (χ0n) is 7.84. The van der Waals surface area contributed by atoms with Gasteiger partial charge < -0.3 is 5.73 Å². The molecule has 0 atom stereocenters. The summed E-state index contributed by atoms with van der Waals surface area (Å²) in [6, 6.07) is 3.50. The molecule has 0 aliphatic carbocycles. The Labute approximate surface area is 85.6 Å². The van der Waals surface area contributed by atoms with E-state index in [1.807, 2.05) is 0 Å². The van der Waals surface area contributed by atoms with Gasteiger partial charge in [-0.3, -0.25) is 9.89 Å². The lowest BCUT2D eigenvalue weighted by Gasteiger charge is -2.01. The maximum atomic E-state index is 11.6. The lowest BCUT2D eigenvalue weighted by atomic mass is 10.1. The molecule has 0 amide bonds. The monoisotopic (exact) mass is 203 g/mol. The van der Waals surface area contributed by atoms with Gasteiger partial charge in [0, 0.05) is 18.2 Å². The molecule has 2 aromatic heterocycles. The maximum Gasteiger partial charge on any atom is 0.204 e.